The predicted molar refractivity (Wildman–Crippen MR) is 186 cm³/mol. The fourth-order valence-corrected chi connectivity index (χ4v) is 7.18. The molecule has 0 aliphatic carbocycles. The molecule has 0 aromatic heterocycles. The summed E-state index contributed by atoms with van der Waals surface area (Å²) in [6, 6.07) is 24.5. The van der Waals surface area contributed by atoms with Crippen LogP contribution in [-0.4, -0.2) is 84.7 Å². The lowest BCUT2D eigenvalue weighted by atomic mass is 9.99. The van der Waals surface area contributed by atoms with Gasteiger partial charge >= 0.3 is 6.03 Å². The average molecular weight is 710 g/mol. The average Bonchev–Trinajstić information content (AvgIpc) is 3.38. The van der Waals surface area contributed by atoms with E-state index in [2.05, 4.69) is 10.0 Å². The van der Waals surface area contributed by atoms with Crippen molar-refractivity contribution in [2.24, 2.45) is 0 Å². The SMILES string of the molecule is CN(C(=O)NCc1ccc(Cl)c(Cl)c1)N1CC(=O)N2[C@@H](Cc3ccc(NS(C)(=O)=O)cc3)C(=O)N(Cc3cccc4ccccc34)C[C@@H]21. The zero-order chi connectivity index (χ0) is 34.2. The second-order valence-electron chi connectivity index (χ2n) is 12.0. The molecule has 2 atom stereocenters. The molecule has 2 heterocycles. The Hall–Kier alpha value is -4.36. The van der Waals surface area contributed by atoms with Crippen LogP contribution in [0.1, 0.15) is 16.7 Å². The van der Waals surface area contributed by atoms with Crippen molar-refractivity contribution in [3.05, 3.63) is 112 Å². The molecule has 2 aliphatic rings. The van der Waals surface area contributed by atoms with Crippen LogP contribution in [0.25, 0.3) is 10.8 Å². The Kier molecular flexibility index (Phi) is 9.53. The van der Waals surface area contributed by atoms with Crippen LogP contribution in [0.15, 0.2) is 84.9 Å². The van der Waals surface area contributed by atoms with Crippen LogP contribution in [-0.2, 0) is 39.1 Å². The molecule has 0 unspecified atom stereocenters. The minimum Gasteiger partial charge on any atom is -0.333 e. The van der Waals surface area contributed by atoms with Crippen LogP contribution in [0, 0.1) is 0 Å². The van der Waals surface area contributed by atoms with Gasteiger partial charge in [0.15, 0.2) is 0 Å². The number of nitrogens with zero attached hydrogens (tertiary/aromatic N) is 4. The van der Waals surface area contributed by atoms with Crippen molar-refractivity contribution >= 4 is 67.5 Å². The molecule has 2 fully saturated rings. The number of anilines is 1. The number of amides is 4. The highest BCUT2D eigenvalue weighted by atomic mass is 35.5. The summed E-state index contributed by atoms with van der Waals surface area (Å²) in [7, 11) is -1.87. The van der Waals surface area contributed by atoms with E-state index >= 15 is 0 Å². The number of hydrogen-bond acceptors (Lipinski definition) is 6. The lowest BCUT2D eigenvalue weighted by molar-refractivity contribution is -0.157. The minimum atomic E-state index is -3.46. The first-order chi connectivity index (χ1) is 22.9. The van der Waals surface area contributed by atoms with Crippen LogP contribution >= 0.6 is 23.2 Å². The van der Waals surface area contributed by atoms with E-state index in [9.17, 15) is 22.8 Å². The number of piperazine rings is 1. The van der Waals surface area contributed by atoms with E-state index in [1.807, 2.05) is 42.5 Å². The summed E-state index contributed by atoms with van der Waals surface area (Å²) in [5.74, 6) is -0.484. The van der Waals surface area contributed by atoms with Gasteiger partial charge in [0.1, 0.15) is 12.2 Å². The summed E-state index contributed by atoms with van der Waals surface area (Å²) in [5, 5.41) is 8.80. The van der Waals surface area contributed by atoms with Crippen molar-refractivity contribution in [1.29, 1.82) is 0 Å². The predicted octanol–water partition coefficient (Wildman–Crippen LogP) is 4.70. The summed E-state index contributed by atoms with van der Waals surface area (Å²) in [6.45, 7) is 0.596. The van der Waals surface area contributed by atoms with Crippen molar-refractivity contribution in [3.63, 3.8) is 0 Å². The summed E-state index contributed by atoms with van der Waals surface area (Å²) in [5.41, 5.74) is 2.86. The van der Waals surface area contributed by atoms with Gasteiger partial charge in [-0.15, -0.1) is 0 Å². The summed E-state index contributed by atoms with van der Waals surface area (Å²) in [4.78, 5) is 44.6. The number of nitrogens with one attached hydrogen (secondary N) is 2. The van der Waals surface area contributed by atoms with Gasteiger partial charge in [-0.2, -0.15) is 5.01 Å². The van der Waals surface area contributed by atoms with Crippen LogP contribution < -0.4 is 10.0 Å². The molecule has 250 valence electrons. The Morgan fingerprint density at radius 1 is 0.938 bits per heavy atom. The molecule has 0 spiro atoms. The number of hydrogen-bond donors (Lipinski definition) is 2. The summed E-state index contributed by atoms with van der Waals surface area (Å²) < 4.78 is 25.8. The van der Waals surface area contributed by atoms with Crippen molar-refractivity contribution in [3.8, 4) is 0 Å². The number of urea groups is 1. The maximum atomic E-state index is 14.2. The van der Waals surface area contributed by atoms with Crippen LogP contribution in [0.3, 0.4) is 0 Å². The maximum absolute atomic E-state index is 14.2. The van der Waals surface area contributed by atoms with Gasteiger partial charge in [0.05, 0.1) is 29.4 Å². The van der Waals surface area contributed by atoms with Gasteiger partial charge in [0.2, 0.25) is 21.8 Å². The Morgan fingerprint density at radius 2 is 1.65 bits per heavy atom. The van der Waals surface area contributed by atoms with Gasteiger partial charge in [-0.3, -0.25) is 19.3 Å². The number of hydrazine groups is 1. The number of carbonyl (C=O) groups excluding carboxylic acids is 3. The van der Waals surface area contributed by atoms with Gasteiger partial charge in [-0.25, -0.2) is 13.2 Å². The van der Waals surface area contributed by atoms with Crippen molar-refractivity contribution in [1.82, 2.24) is 25.1 Å². The summed E-state index contributed by atoms with van der Waals surface area (Å²) >= 11 is 12.2. The molecule has 4 aromatic rings. The van der Waals surface area contributed by atoms with Gasteiger partial charge < -0.3 is 15.1 Å². The molecule has 0 saturated carbocycles. The van der Waals surface area contributed by atoms with E-state index in [-0.39, 0.29) is 37.9 Å². The molecule has 4 amide bonds. The second kappa shape index (κ2) is 13.6. The first kappa shape index (κ1) is 33.5. The topological polar surface area (TPSA) is 122 Å². The number of fused-ring (bicyclic) bond motifs is 2. The molecule has 0 bridgehead atoms. The Morgan fingerprint density at radius 3 is 2.38 bits per heavy atom. The van der Waals surface area contributed by atoms with Crippen LogP contribution in [0.4, 0.5) is 10.5 Å². The van der Waals surface area contributed by atoms with Crippen LogP contribution in [0.5, 0.6) is 0 Å². The third-order valence-electron chi connectivity index (χ3n) is 8.60. The third-order valence-corrected chi connectivity index (χ3v) is 9.95. The van der Waals surface area contributed by atoms with Crippen molar-refractivity contribution in [2.75, 3.05) is 31.1 Å². The molecular formula is C34H34Cl2N6O5S. The molecule has 6 rings (SSSR count). The highest BCUT2D eigenvalue weighted by Crippen LogP contribution is 2.31. The van der Waals surface area contributed by atoms with E-state index in [4.69, 9.17) is 23.2 Å². The lowest BCUT2D eigenvalue weighted by Crippen LogP contribution is -2.65. The number of halogens is 2. The first-order valence-corrected chi connectivity index (χ1v) is 17.9. The molecule has 2 aliphatic heterocycles. The zero-order valence-corrected chi connectivity index (χ0v) is 28.6. The minimum absolute atomic E-state index is 0.0928. The molecular weight excluding hydrogens is 675 g/mol. The Bertz CT molecular complexity index is 1990. The Balaban J connectivity index is 1.27. The molecule has 2 saturated heterocycles. The normalized spacial score (nSPS) is 18.2. The largest absolute Gasteiger partial charge is 0.333 e. The van der Waals surface area contributed by atoms with Crippen LogP contribution in [0.2, 0.25) is 10.0 Å². The van der Waals surface area contributed by atoms with E-state index in [1.54, 1.807) is 64.3 Å². The number of carbonyl (C=O) groups is 3. The number of sulfonamides is 1. The van der Waals surface area contributed by atoms with E-state index in [1.165, 1.54) is 5.01 Å². The standard InChI is InChI=1S/C34H34Cl2N6O5S/c1-39(34(45)37-18-23-12-15-28(35)29(36)16-23)41-21-32(43)42-30(17-22-10-13-26(14-11-22)38-48(2,46)47)33(44)40(20-31(41)42)19-25-8-5-7-24-6-3-4-9-27(24)25/h3-16,30-31,38H,17-21H2,1-2H3,(H,37,45)/t30-,31+/m0/s1. The third kappa shape index (κ3) is 7.21. The monoisotopic (exact) mass is 708 g/mol. The quantitative estimate of drug-likeness (QED) is 0.260. The van der Waals surface area contributed by atoms with Gasteiger partial charge in [-0.05, 0) is 51.7 Å². The number of rotatable bonds is 9. The van der Waals surface area contributed by atoms with Gasteiger partial charge in [-0.1, -0.05) is 83.9 Å². The summed E-state index contributed by atoms with van der Waals surface area (Å²) in [6.07, 6.45) is 0.664. The number of benzene rings is 4. The highest BCUT2D eigenvalue weighted by Gasteiger charge is 2.51. The smallest absolute Gasteiger partial charge is 0.332 e. The van der Waals surface area contributed by atoms with Gasteiger partial charge in [0, 0.05) is 32.2 Å². The molecule has 0 radical (unpaired) electrons. The molecule has 2 N–H and O–H groups in total. The van der Waals surface area contributed by atoms with Crippen molar-refractivity contribution in [2.45, 2.75) is 31.7 Å². The maximum Gasteiger partial charge on any atom is 0.332 e. The Labute approximate surface area is 289 Å². The zero-order valence-electron chi connectivity index (χ0n) is 26.3. The second-order valence-corrected chi connectivity index (χ2v) is 14.5. The molecule has 4 aromatic carbocycles. The van der Waals surface area contributed by atoms with E-state index < -0.39 is 28.3 Å². The molecule has 14 heteroatoms. The lowest BCUT2D eigenvalue weighted by Gasteiger charge is -2.46. The van der Waals surface area contributed by atoms with E-state index in [0.29, 0.717) is 22.3 Å². The molecule has 11 nitrogen and oxygen atoms in total. The van der Waals surface area contributed by atoms with Gasteiger partial charge in [0.25, 0.3) is 0 Å². The first-order valence-electron chi connectivity index (χ1n) is 15.2. The highest BCUT2D eigenvalue weighted by molar-refractivity contribution is 7.92. The fraction of sp³-hybridized carbons (Fsp3) is 0.265. The van der Waals surface area contributed by atoms with E-state index in [0.717, 1.165) is 33.7 Å². The van der Waals surface area contributed by atoms with Crippen molar-refractivity contribution < 1.29 is 22.8 Å². The fourth-order valence-electron chi connectivity index (χ4n) is 6.29. The molecule has 48 heavy (non-hydrogen) atoms.